The molecule has 0 aliphatic heterocycles. The van der Waals surface area contributed by atoms with Crippen LogP contribution < -0.4 is 0 Å². The minimum atomic E-state index is -1.22. The molecular weight excluding hydrogens is 384 g/mol. The fraction of sp³-hybridized carbons (Fsp3) is 0.300. The van der Waals surface area contributed by atoms with Gasteiger partial charge in [0, 0.05) is 11.6 Å². The van der Waals surface area contributed by atoms with Gasteiger partial charge in [0.1, 0.15) is 19.8 Å². The summed E-state index contributed by atoms with van der Waals surface area (Å²) < 4.78 is 14.0. The number of aromatic carboxylic acids is 1. The number of carboxylic acids is 1. The third kappa shape index (κ3) is 11.1. The van der Waals surface area contributed by atoms with Crippen LogP contribution in [-0.2, 0) is 23.8 Å². The van der Waals surface area contributed by atoms with Gasteiger partial charge in [0.05, 0.1) is 17.2 Å². The smallest absolute Gasteiger partial charge is 0.339 e. The Morgan fingerprint density at radius 2 is 1.62 bits per heavy atom. The number of hydrogen-bond acceptors (Lipinski definition) is 8. The number of aliphatic hydroxyl groups is 1. The van der Waals surface area contributed by atoms with Gasteiger partial charge in [0.15, 0.2) is 0 Å². The maximum atomic E-state index is 11.7. The monoisotopic (exact) mass is 408 g/mol. The van der Waals surface area contributed by atoms with Crippen molar-refractivity contribution in [1.29, 1.82) is 0 Å². The average molecular weight is 408 g/mol. The number of ether oxygens (including phenoxy) is 3. The van der Waals surface area contributed by atoms with Crippen LogP contribution in [0, 0.1) is 0 Å². The van der Waals surface area contributed by atoms with Crippen molar-refractivity contribution in [3.05, 3.63) is 60.2 Å². The Hall–Kier alpha value is -3.46. The first kappa shape index (κ1) is 25.5. The van der Waals surface area contributed by atoms with Gasteiger partial charge in [0.25, 0.3) is 0 Å². The van der Waals surface area contributed by atoms with Crippen molar-refractivity contribution in [2.45, 2.75) is 20.0 Å². The molecular formula is C20H24O9. The Morgan fingerprint density at radius 3 is 2.10 bits per heavy atom. The highest BCUT2D eigenvalue weighted by Crippen LogP contribution is 2.10. The molecule has 9 nitrogen and oxygen atoms in total. The first-order chi connectivity index (χ1) is 13.6. The number of carbonyl (C=O) groups excluding carboxylic acids is 3. The van der Waals surface area contributed by atoms with Crippen molar-refractivity contribution in [3.63, 3.8) is 0 Å². The van der Waals surface area contributed by atoms with Crippen LogP contribution in [0.15, 0.2) is 49.1 Å². The van der Waals surface area contributed by atoms with Crippen LogP contribution in [0.2, 0.25) is 0 Å². The fourth-order valence-electron chi connectivity index (χ4n) is 1.58. The zero-order valence-electron chi connectivity index (χ0n) is 16.3. The van der Waals surface area contributed by atoms with Gasteiger partial charge in [-0.25, -0.2) is 19.2 Å². The van der Waals surface area contributed by atoms with Gasteiger partial charge >= 0.3 is 23.9 Å². The van der Waals surface area contributed by atoms with Crippen LogP contribution >= 0.6 is 0 Å². The second-order valence-corrected chi connectivity index (χ2v) is 5.59. The van der Waals surface area contributed by atoms with Crippen molar-refractivity contribution in [1.82, 2.24) is 0 Å². The topological polar surface area (TPSA) is 136 Å². The zero-order valence-corrected chi connectivity index (χ0v) is 16.3. The van der Waals surface area contributed by atoms with E-state index >= 15 is 0 Å². The molecule has 0 spiro atoms. The van der Waals surface area contributed by atoms with E-state index in [0.29, 0.717) is 0 Å². The van der Waals surface area contributed by atoms with Crippen LogP contribution in [0.25, 0.3) is 0 Å². The number of carbonyl (C=O) groups is 4. The van der Waals surface area contributed by atoms with E-state index in [-0.39, 0.29) is 36.5 Å². The minimum absolute atomic E-state index is 0.0326. The molecule has 158 valence electrons. The molecule has 0 fully saturated rings. The predicted octanol–water partition coefficient (Wildman–Crippen LogP) is 1.76. The first-order valence-corrected chi connectivity index (χ1v) is 8.39. The molecule has 1 unspecified atom stereocenters. The Kier molecular flexibility index (Phi) is 12.0. The minimum Gasteiger partial charge on any atom is -0.478 e. The van der Waals surface area contributed by atoms with E-state index in [2.05, 4.69) is 17.9 Å². The second-order valence-electron chi connectivity index (χ2n) is 5.59. The van der Waals surface area contributed by atoms with Crippen molar-refractivity contribution >= 4 is 23.9 Å². The van der Waals surface area contributed by atoms with Crippen molar-refractivity contribution in [3.8, 4) is 0 Å². The van der Waals surface area contributed by atoms with Crippen LogP contribution in [0.4, 0.5) is 0 Å². The van der Waals surface area contributed by atoms with Gasteiger partial charge in [-0.15, -0.1) is 0 Å². The molecule has 0 aromatic heterocycles. The summed E-state index contributed by atoms with van der Waals surface area (Å²) >= 11 is 0. The van der Waals surface area contributed by atoms with E-state index in [4.69, 9.17) is 19.7 Å². The third-order valence-corrected chi connectivity index (χ3v) is 2.91. The summed E-state index contributed by atoms with van der Waals surface area (Å²) in [4.78, 5) is 44.0. The van der Waals surface area contributed by atoms with Crippen LogP contribution in [0.5, 0.6) is 0 Å². The van der Waals surface area contributed by atoms with Crippen molar-refractivity contribution in [2.75, 3.05) is 19.8 Å². The summed E-state index contributed by atoms with van der Waals surface area (Å²) in [7, 11) is 0. The largest absolute Gasteiger partial charge is 0.478 e. The first-order valence-electron chi connectivity index (χ1n) is 8.39. The van der Waals surface area contributed by atoms with Gasteiger partial charge in [-0.2, -0.15) is 0 Å². The molecule has 0 saturated carbocycles. The second kappa shape index (κ2) is 13.7. The average Bonchev–Trinajstić information content (AvgIpc) is 2.69. The molecule has 29 heavy (non-hydrogen) atoms. The highest BCUT2D eigenvalue weighted by atomic mass is 16.6. The Labute approximate surface area is 168 Å². The lowest BCUT2D eigenvalue weighted by molar-refractivity contribution is -0.140. The van der Waals surface area contributed by atoms with E-state index in [1.807, 2.05) is 0 Å². The molecule has 9 heteroatoms. The molecule has 1 atom stereocenters. The van der Waals surface area contributed by atoms with Gasteiger partial charge in [-0.05, 0) is 26.0 Å². The summed E-state index contributed by atoms with van der Waals surface area (Å²) in [5.41, 5.74) is 0.0511. The summed E-state index contributed by atoms with van der Waals surface area (Å²) in [6.45, 7) is 9.37. The maximum absolute atomic E-state index is 11.7. The summed E-state index contributed by atoms with van der Waals surface area (Å²) in [6, 6.07) is 5.70. The lowest BCUT2D eigenvalue weighted by Gasteiger charge is -2.07. The lowest BCUT2D eigenvalue weighted by Crippen LogP contribution is -2.16. The molecule has 0 radical (unpaired) electrons. The molecule has 1 aromatic carbocycles. The van der Waals surface area contributed by atoms with E-state index in [1.54, 1.807) is 0 Å². The van der Waals surface area contributed by atoms with Crippen molar-refractivity contribution in [2.24, 2.45) is 0 Å². The SMILES string of the molecule is C=C(C)C(=O)OCCOC(=O)c1ccccc1C(=O)O.C=CC(=O)OCC(C)O. The molecule has 0 saturated heterocycles. The Bertz CT molecular complexity index is 750. The van der Waals surface area contributed by atoms with Gasteiger partial charge in [0.2, 0.25) is 0 Å². The fourth-order valence-corrected chi connectivity index (χ4v) is 1.58. The quantitative estimate of drug-likeness (QED) is 0.271. The van der Waals surface area contributed by atoms with Gasteiger partial charge in [-0.3, -0.25) is 0 Å². The Balaban J connectivity index is 0.000000734. The zero-order chi connectivity index (χ0) is 22.4. The highest BCUT2D eigenvalue weighted by Gasteiger charge is 2.17. The van der Waals surface area contributed by atoms with E-state index in [1.165, 1.54) is 38.1 Å². The van der Waals surface area contributed by atoms with Crippen molar-refractivity contribution < 1.29 is 43.6 Å². The number of aliphatic hydroxyl groups excluding tert-OH is 1. The molecule has 2 N–H and O–H groups in total. The van der Waals surface area contributed by atoms with Crippen LogP contribution in [0.3, 0.4) is 0 Å². The standard InChI is InChI=1S/C14H14O6.C6H10O3/c1-9(2)13(17)19-7-8-20-14(18)11-6-4-3-5-10(11)12(15)16;1-3-6(8)9-4-5(2)7/h3-6H,1,7-8H2,2H3,(H,15,16);3,5,7H,1,4H2,2H3. The number of carboxylic acid groups (broad SMARTS) is 1. The van der Waals surface area contributed by atoms with Crippen LogP contribution in [0.1, 0.15) is 34.6 Å². The summed E-state index contributed by atoms with van der Waals surface area (Å²) in [6.07, 6.45) is 0.455. The number of hydrogen-bond donors (Lipinski definition) is 2. The normalized spacial score (nSPS) is 10.4. The molecule has 0 amide bonds. The molecule has 0 heterocycles. The summed E-state index contributed by atoms with van der Waals surface area (Å²) in [5.74, 6) is -3.08. The van der Waals surface area contributed by atoms with E-state index in [0.717, 1.165) is 6.08 Å². The molecule has 0 bridgehead atoms. The Morgan fingerprint density at radius 1 is 1.07 bits per heavy atom. The van der Waals surface area contributed by atoms with E-state index < -0.39 is 30.0 Å². The van der Waals surface area contributed by atoms with Gasteiger partial charge < -0.3 is 24.4 Å². The predicted molar refractivity (Wildman–Crippen MR) is 102 cm³/mol. The maximum Gasteiger partial charge on any atom is 0.339 e. The number of rotatable bonds is 9. The molecule has 0 aliphatic carbocycles. The molecule has 1 rings (SSSR count). The lowest BCUT2D eigenvalue weighted by atomic mass is 10.1. The van der Waals surface area contributed by atoms with Gasteiger partial charge in [-0.1, -0.05) is 25.3 Å². The summed E-state index contributed by atoms with van der Waals surface area (Å²) in [5, 5.41) is 17.5. The highest BCUT2D eigenvalue weighted by molar-refractivity contribution is 6.02. The molecule has 0 aliphatic rings. The van der Waals surface area contributed by atoms with Crippen LogP contribution in [-0.4, -0.2) is 60.0 Å². The number of esters is 3. The van der Waals surface area contributed by atoms with E-state index in [9.17, 15) is 19.2 Å². The third-order valence-electron chi connectivity index (χ3n) is 2.91. The molecule has 1 aromatic rings. The number of benzene rings is 1.